The predicted octanol–water partition coefficient (Wildman–Crippen LogP) is 7.77. The molecule has 0 unspecified atom stereocenters. The van der Waals surface area contributed by atoms with Gasteiger partial charge in [-0.05, 0) is 43.4 Å². The largest absolute Gasteiger partial charge is 0.487 e. The highest BCUT2D eigenvalue weighted by Crippen LogP contribution is 2.38. The fourth-order valence-corrected chi connectivity index (χ4v) is 5.31. The van der Waals surface area contributed by atoms with E-state index in [-0.39, 0.29) is 76.6 Å². The van der Waals surface area contributed by atoms with Crippen molar-refractivity contribution in [2.75, 3.05) is 11.9 Å². The van der Waals surface area contributed by atoms with Gasteiger partial charge in [-0.25, -0.2) is 13.8 Å². The van der Waals surface area contributed by atoms with E-state index in [9.17, 15) is 31.5 Å². The normalized spacial score (nSPS) is 17.5. The second-order valence-electron chi connectivity index (χ2n) is 11.7. The summed E-state index contributed by atoms with van der Waals surface area (Å²) in [6, 6.07) is 5.44. The van der Waals surface area contributed by atoms with E-state index in [1.54, 1.807) is 32.9 Å². The fourth-order valence-electron chi connectivity index (χ4n) is 4.78. The summed E-state index contributed by atoms with van der Waals surface area (Å²) in [5, 5.41) is 9.00. The van der Waals surface area contributed by atoms with E-state index in [4.69, 9.17) is 27.9 Å². The van der Waals surface area contributed by atoms with Crippen LogP contribution in [0.1, 0.15) is 62.4 Å². The molecule has 0 spiro atoms. The average molecular weight is 665 g/mol. The highest BCUT2D eigenvalue weighted by atomic mass is 35.5. The van der Waals surface area contributed by atoms with Crippen molar-refractivity contribution in [2.24, 2.45) is 11.3 Å². The molecule has 1 aliphatic carbocycles. The molecule has 8 nitrogen and oxygen atoms in total. The number of H-pyrrole nitrogens is 1. The van der Waals surface area contributed by atoms with Crippen LogP contribution < -0.4 is 20.7 Å². The number of rotatable bonds is 9. The highest BCUT2D eigenvalue weighted by molar-refractivity contribution is 6.39. The number of anilines is 2. The molecular formula is C29H32Cl2F5N5O3. The van der Waals surface area contributed by atoms with E-state index in [0.29, 0.717) is 11.1 Å². The Morgan fingerprint density at radius 1 is 1.09 bits per heavy atom. The molecule has 15 heteroatoms. The number of benzene rings is 2. The van der Waals surface area contributed by atoms with E-state index < -0.39 is 42.5 Å². The molecule has 0 radical (unpaired) electrons. The monoisotopic (exact) mass is 663 g/mol. The molecule has 0 aliphatic heterocycles. The summed E-state index contributed by atoms with van der Waals surface area (Å²) in [6.07, 6.45) is -7.09. The first kappa shape index (κ1) is 33.6. The van der Waals surface area contributed by atoms with Crippen LogP contribution in [0.5, 0.6) is 5.75 Å². The van der Waals surface area contributed by atoms with Gasteiger partial charge in [-0.2, -0.15) is 13.2 Å². The van der Waals surface area contributed by atoms with Gasteiger partial charge in [0.25, 0.3) is 12.3 Å². The number of fused-ring (bicyclic) bond motifs is 1. The van der Waals surface area contributed by atoms with Gasteiger partial charge in [0.05, 0.1) is 38.2 Å². The summed E-state index contributed by atoms with van der Waals surface area (Å²) >= 11 is 13.0. The molecule has 1 saturated carbocycles. The molecule has 1 aliphatic rings. The molecule has 1 aromatic heterocycles. The third kappa shape index (κ3) is 8.23. The van der Waals surface area contributed by atoms with Crippen molar-refractivity contribution in [1.82, 2.24) is 20.6 Å². The van der Waals surface area contributed by atoms with Crippen molar-refractivity contribution in [3.8, 4) is 5.75 Å². The minimum atomic E-state index is -4.29. The molecule has 4 N–H and O–H groups in total. The Morgan fingerprint density at radius 2 is 1.77 bits per heavy atom. The van der Waals surface area contributed by atoms with E-state index in [1.165, 1.54) is 12.1 Å². The molecular weight excluding hydrogens is 632 g/mol. The molecule has 44 heavy (non-hydrogen) atoms. The van der Waals surface area contributed by atoms with Gasteiger partial charge in [-0.3, -0.25) is 9.59 Å². The summed E-state index contributed by atoms with van der Waals surface area (Å²) in [5.41, 5.74) is 0.772. The number of carbonyl (C=O) groups is 2. The first-order valence-corrected chi connectivity index (χ1v) is 14.6. The molecule has 2 aromatic carbocycles. The van der Waals surface area contributed by atoms with Crippen molar-refractivity contribution in [1.29, 1.82) is 0 Å². The van der Waals surface area contributed by atoms with Gasteiger partial charge >= 0.3 is 6.18 Å². The topological polar surface area (TPSA) is 108 Å². The first-order chi connectivity index (χ1) is 20.5. The summed E-state index contributed by atoms with van der Waals surface area (Å²) in [5.74, 6) is -2.27. The van der Waals surface area contributed by atoms with Gasteiger partial charge in [0.15, 0.2) is 0 Å². The number of nitrogens with one attached hydrogen (secondary N) is 4. The zero-order valence-electron chi connectivity index (χ0n) is 24.1. The van der Waals surface area contributed by atoms with Crippen molar-refractivity contribution in [3.05, 3.63) is 45.4 Å². The van der Waals surface area contributed by atoms with Crippen molar-refractivity contribution in [3.63, 3.8) is 0 Å². The Kier molecular flexibility index (Phi) is 10.2. The summed E-state index contributed by atoms with van der Waals surface area (Å²) in [7, 11) is 0. The molecule has 240 valence electrons. The number of aromatic nitrogens is 2. The molecule has 0 saturated heterocycles. The Labute approximate surface area is 260 Å². The summed E-state index contributed by atoms with van der Waals surface area (Å²) < 4.78 is 70.3. The summed E-state index contributed by atoms with van der Waals surface area (Å²) in [4.78, 5) is 32.9. The number of imidazole rings is 1. The highest BCUT2D eigenvalue weighted by Gasteiger charge is 2.41. The maximum atomic E-state index is 13.2. The van der Waals surface area contributed by atoms with Gasteiger partial charge in [0.1, 0.15) is 12.4 Å². The second kappa shape index (κ2) is 13.4. The van der Waals surface area contributed by atoms with Crippen molar-refractivity contribution < 1.29 is 36.3 Å². The second-order valence-corrected chi connectivity index (χ2v) is 12.5. The van der Waals surface area contributed by atoms with Crippen LogP contribution in [-0.2, 0) is 11.3 Å². The number of alkyl halides is 5. The minimum absolute atomic E-state index is 0.0956. The minimum Gasteiger partial charge on any atom is -0.487 e. The van der Waals surface area contributed by atoms with Crippen LogP contribution in [0, 0.1) is 11.3 Å². The SMILES string of the molecule is CC(C)(C)C(=O)NCc1ccc(Cl)c(Nc2nc3cc(C(=O)N[C@H]4CC[C@H](C(F)(F)F)CC4)c(OCC(F)F)cc3[nH]2)c1Cl. The van der Waals surface area contributed by atoms with Gasteiger partial charge in [0, 0.05) is 24.1 Å². The number of carbonyl (C=O) groups excluding carboxylic acids is 2. The Balaban J connectivity index is 1.56. The number of amides is 2. The van der Waals surface area contributed by atoms with Crippen LogP contribution in [0.4, 0.5) is 33.6 Å². The van der Waals surface area contributed by atoms with Gasteiger partial charge in [-0.15, -0.1) is 0 Å². The van der Waals surface area contributed by atoms with Crippen LogP contribution >= 0.6 is 23.2 Å². The zero-order chi connectivity index (χ0) is 32.4. The van der Waals surface area contributed by atoms with Crippen LogP contribution in [0.2, 0.25) is 10.0 Å². The average Bonchev–Trinajstić information content (AvgIpc) is 3.33. The van der Waals surface area contributed by atoms with Crippen LogP contribution in [0.15, 0.2) is 24.3 Å². The molecule has 4 rings (SSSR count). The Morgan fingerprint density at radius 3 is 2.39 bits per heavy atom. The summed E-state index contributed by atoms with van der Waals surface area (Å²) in [6.45, 7) is 4.50. The first-order valence-electron chi connectivity index (χ1n) is 13.9. The van der Waals surface area contributed by atoms with E-state index >= 15 is 0 Å². The van der Waals surface area contributed by atoms with E-state index in [0.717, 1.165) is 0 Å². The fraction of sp³-hybridized carbons (Fsp3) is 0.483. The smallest absolute Gasteiger partial charge is 0.391 e. The third-order valence-electron chi connectivity index (χ3n) is 7.25. The Hall–Kier alpha value is -3.32. The van der Waals surface area contributed by atoms with Crippen molar-refractivity contribution in [2.45, 2.75) is 71.6 Å². The lowest BCUT2D eigenvalue weighted by atomic mass is 9.85. The van der Waals surface area contributed by atoms with Crippen molar-refractivity contribution >= 4 is 57.7 Å². The quantitative estimate of drug-likeness (QED) is 0.175. The maximum Gasteiger partial charge on any atom is 0.391 e. The maximum absolute atomic E-state index is 13.2. The zero-order valence-corrected chi connectivity index (χ0v) is 25.6. The standard InChI is InChI=1S/C29H32Cl2F5N5O3/c1-28(2,3)26(43)37-12-14-4-9-18(30)24(23(14)31)41-27-39-19-10-17(21(11-20(19)40-27)44-13-22(32)33)25(42)38-16-7-5-15(6-8-16)29(34,35)36/h4,9-11,15-16,22H,5-8,12-13H2,1-3H3,(H,37,43)(H,38,42)(H2,39,40,41)/t15-,16-. The van der Waals surface area contributed by atoms with E-state index in [2.05, 4.69) is 25.9 Å². The number of nitrogens with zero attached hydrogens (tertiary/aromatic N) is 1. The van der Waals surface area contributed by atoms with Crippen LogP contribution in [-0.4, -0.2) is 47.0 Å². The number of hydrogen-bond donors (Lipinski definition) is 4. The number of halogens is 7. The lowest BCUT2D eigenvalue weighted by Gasteiger charge is -2.30. The predicted molar refractivity (Wildman–Crippen MR) is 158 cm³/mol. The molecule has 0 bridgehead atoms. The molecule has 3 aromatic rings. The molecule has 1 fully saturated rings. The molecule has 1 heterocycles. The van der Waals surface area contributed by atoms with Gasteiger partial charge in [0.2, 0.25) is 11.9 Å². The third-order valence-corrected chi connectivity index (χ3v) is 8.00. The van der Waals surface area contributed by atoms with Crippen LogP contribution in [0.25, 0.3) is 11.0 Å². The van der Waals surface area contributed by atoms with E-state index in [1.807, 2.05) is 0 Å². The van der Waals surface area contributed by atoms with Crippen LogP contribution in [0.3, 0.4) is 0 Å². The molecule has 0 atom stereocenters. The number of hydrogen-bond acceptors (Lipinski definition) is 5. The lowest BCUT2D eigenvalue weighted by molar-refractivity contribution is -0.182. The Bertz CT molecular complexity index is 1520. The van der Waals surface area contributed by atoms with Gasteiger partial charge in [-0.1, -0.05) is 50.0 Å². The van der Waals surface area contributed by atoms with Gasteiger partial charge < -0.3 is 25.7 Å². The number of aromatic amines is 1. The lowest BCUT2D eigenvalue weighted by Crippen LogP contribution is -2.40. The number of ether oxygens (including phenoxy) is 1. The molecule has 2 amide bonds.